The van der Waals surface area contributed by atoms with Crippen molar-refractivity contribution in [1.29, 1.82) is 0 Å². The molecule has 0 spiro atoms. The standard InChI is InChI=1S/C16H21N3O3/c1-11(2)9-13(16(21)22)18-15(20)7-8-19-10-17-12-5-3-4-6-14(12)19/h3-6,10-11,13H,7-9H2,1-2H3,(H,18,20)(H,21,22)/t13-/m1/s1. The number of carboxylic acid groups (broad SMARTS) is 1. The third kappa shape index (κ3) is 4.07. The molecule has 0 radical (unpaired) electrons. The number of carboxylic acids is 1. The second-order valence-electron chi connectivity index (χ2n) is 5.76. The minimum absolute atomic E-state index is 0.207. The molecule has 0 saturated carbocycles. The van der Waals surface area contributed by atoms with Gasteiger partial charge in [-0.1, -0.05) is 26.0 Å². The van der Waals surface area contributed by atoms with Crippen LogP contribution < -0.4 is 5.32 Å². The quantitative estimate of drug-likeness (QED) is 0.820. The van der Waals surface area contributed by atoms with Gasteiger partial charge < -0.3 is 15.0 Å². The lowest BCUT2D eigenvalue weighted by molar-refractivity contribution is -0.142. The Labute approximate surface area is 129 Å². The number of nitrogens with one attached hydrogen (secondary N) is 1. The first kappa shape index (κ1) is 16.0. The van der Waals surface area contributed by atoms with Gasteiger partial charge in [-0.3, -0.25) is 4.79 Å². The number of hydrogen-bond donors (Lipinski definition) is 2. The second-order valence-corrected chi connectivity index (χ2v) is 5.76. The van der Waals surface area contributed by atoms with Gasteiger partial charge in [0.05, 0.1) is 17.4 Å². The zero-order chi connectivity index (χ0) is 16.1. The van der Waals surface area contributed by atoms with E-state index in [0.29, 0.717) is 13.0 Å². The molecule has 22 heavy (non-hydrogen) atoms. The Morgan fingerprint density at radius 2 is 2.05 bits per heavy atom. The maximum absolute atomic E-state index is 12.0. The fraction of sp³-hybridized carbons (Fsp3) is 0.438. The van der Waals surface area contributed by atoms with Crippen molar-refractivity contribution in [2.45, 2.75) is 39.3 Å². The number of amides is 1. The van der Waals surface area contributed by atoms with Gasteiger partial charge in [0, 0.05) is 13.0 Å². The first-order chi connectivity index (χ1) is 10.5. The van der Waals surface area contributed by atoms with E-state index in [1.54, 1.807) is 6.33 Å². The van der Waals surface area contributed by atoms with Gasteiger partial charge in [-0.05, 0) is 24.5 Å². The van der Waals surface area contributed by atoms with Crippen LogP contribution in [-0.2, 0) is 16.1 Å². The normalized spacial score (nSPS) is 12.5. The monoisotopic (exact) mass is 303 g/mol. The number of nitrogens with zero attached hydrogens (tertiary/aromatic N) is 2. The Morgan fingerprint density at radius 3 is 2.73 bits per heavy atom. The minimum Gasteiger partial charge on any atom is -0.480 e. The molecule has 0 bridgehead atoms. The van der Waals surface area contributed by atoms with Gasteiger partial charge >= 0.3 is 5.97 Å². The summed E-state index contributed by atoms with van der Waals surface area (Å²) in [4.78, 5) is 27.4. The SMILES string of the molecule is CC(C)C[C@@H](NC(=O)CCn1cnc2ccccc21)C(=O)O. The van der Waals surface area contributed by atoms with Crippen LogP contribution in [-0.4, -0.2) is 32.6 Å². The zero-order valence-electron chi connectivity index (χ0n) is 12.8. The lowest BCUT2D eigenvalue weighted by atomic mass is 10.0. The number of hydrogen-bond acceptors (Lipinski definition) is 3. The fourth-order valence-electron chi connectivity index (χ4n) is 2.37. The Bertz CT molecular complexity index is 663. The number of fused-ring (bicyclic) bond motifs is 1. The van der Waals surface area contributed by atoms with E-state index in [2.05, 4.69) is 10.3 Å². The van der Waals surface area contributed by atoms with Crippen molar-refractivity contribution in [3.63, 3.8) is 0 Å². The number of aromatic nitrogens is 2. The van der Waals surface area contributed by atoms with Crippen molar-refractivity contribution < 1.29 is 14.7 Å². The second kappa shape index (κ2) is 7.06. The first-order valence-electron chi connectivity index (χ1n) is 7.39. The molecule has 118 valence electrons. The van der Waals surface area contributed by atoms with Gasteiger partial charge in [-0.25, -0.2) is 9.78 Å². The molecule has 6 heteroatoms. The highest BCUT2D eigenvalue weighted by atomic mass is 16.4. The van der Waals surface area contributed by atoms with Crippen LogP contribution in [0.25, 0.3) is 11.0 Å². The molecular weight excluding hydrogens is 282 g/mol. The number of rotatable bonds is 7. The summed E-state index contributed by atoms with van der Waals surface area (Å²) in [5.41, 5.74) is 1.85. The summed E-state index contributed by atoms with van der Waals surface area (Å²) in [6.07, 6.45) is 2.35. The average molecular weight is 303 g/mol. The number of benzene rings is 1. The van der Waals surface area contributed by atoms with Crippen LogP contribution in [0.5, 0.6) is 0 Å². The smallest absolute Gasteiger partial charge is 0.326 e. The van der Waals surface area contributed by atoms with Gasteiger partial charge in [0.1, 0.15) is 6.04 Å². The van der Waals surface area contributed by atoms with Crippen molar-refractivity contribution in [2.24, 2.45) is 5.92 Å². The van der Waals surface area contributed by atoms with E-state index in [-0.39, 0.29) is 18.2 Å². The summed E-state index contributed by atoms with van der Waals surface area (Å²) in [5.74, 6) is -1.04. The van der Waals surface area contributed by atoms with E-state index < -0.39 is 12.0 Å². The predicted molar refractivity (Wildman–Crippen MR) is 83.4 cm³/mol. The number of para-hydroxylation sites is 2. The molecule has 0 aliphatic rings. The molecule has 0 saturated heterocycles. The molecule has 2 N–H and O–H groups in total. The Morgan fingerprint density at radius 1 is 1.32 bits per heavy atom. The fourth-order valence-corrected chi connectivity index (χ4v) is 2.37. The van der Waals surface area contributed by atoms with E-state index in [9.17, 15) is 9.59 Å². The van der Waals surface area contributed by atoms with Crippen LogP contribution in [0, 0.1) is 5.92 Å². The first-order valence-corrected chi connectivity index (χ1v) is 7.39. The van der Waals surface area contributed by atoms with Crippen LogP contribution in [0.15, 0.2) is 30.6 Å². The van der Waals surface area contributed by atoms with E-state index in [0.717, 1.165) is 11.0 Å². The molecule has 2 aromatic rings. The lowest BCUT2D eigenvalue weighted by Gasteiger charge is -2.16. The Balaban J connectivity index is 1.93. The van der Waals surface area contributed by atoms with E-state index >= 15 is 0 Å². The summed E-state index contributed by atoms with van der Waals surface area (Å²) in [5, 5.41) is 11.7. The van der Waals surface area contributed by atoms with E-state index in [1.807, 2.05) is 42.7 Å². The van der Waals surface area contributed by atoms with Crippen LogP contribution >= 0.6 is 0 Å². The van der Waals surface area contributed by atoms with Crippen molar-refractivity contribution >= 4 is 22.9 Å². The number of imidazole rings is 1. The molecule has 1 heterocycles. The number of carbonyl (C=O) groups is 2. The van der Waals surface area contributed by atoms with E-state index in [1.165, 1.54) is 0 Å². The Hall–Kier alpha value is -2.37. The van der Waals surface area contributed by atoms with Gasteiger partial charge in [0.2, 0.25) is 5.91 Å². The number of carbonyl (C=O) groups excluding carboxylic acids is 1. The van der Waals surface area contributed by atoms with Gasteiger partial charge in [0.25, 0.3) is 0 Å². The van der Waals surface area contributed by atoms with Crippen molar-refractivity contribution in [1.82, 2.24) is 14.9 Å². The topological polar surface area (TPSA) is 84.2 Å². The third-order valence-electron chi connectivity index (χ3n) is 3.45. The third-order valence-corrected chi connectivity index (χ3v) is 3.45. The van der Waals surface area contributed by atoms with Gasteiger partial charge in [0.15, 0.2) is 0 Å². The average Bonchev–Trinajstić information content (AvgIpc) is 2.87. The highest BCUT2D eigenvalue weighted by Gasteiger charge is 2.20. The van der Waals surface area contributed by atoms with Crippen LogP contribution in [0.2, 0.25) is 0 Å². The van der Waals surface area contributed by atoms with Gasteiger partial charge in [-0.2, -0.15) is 0 Å². The number of aliphatic carboxylic acids is 1. The van der Waals surface area contributed by atoms with Crippen molar-refractivity contribution in [3.8, 4) is 0 Å². The number of aryl methyl sites for hydroxylation is 1. The largest absolute Gasteiger partial charge is 0.480 e. The summed E-state index contributed by atoms with van der Waals surface area (Å²) in [6, 6.07) is 6.86. The highest BCUT2D eigenvalue weighted by molar-refractivity contribution is 5.83. The molecule has 1 amide bonds. The van der Waals surface area contributed by atoms with Gasteiger partial charge in [-0.15, -0.1) is 0 Å². The summed E-state index contributed by atoms with van der Waals surface area (Å²) in [7, 11) is 0. The highest BCUT2D eigenvalue weighted by Crippen LogP contribution is 2.12. The van der Waals surface area contributed by atoms with E-state index in [4.69, 9.17) is 5.11 Å². The Kier molecular flexibility index (Phi) is 5.14. The lowest BCUT2D eigenvalue weighted by Crippen LogP contribution is -2.41. The molecule has 0 unspecified atom stereocenters. The molecule has 1 atom stereocenters. The molecule has 2 rings (SSSR count). The predicted octanol–water partition coefficient (Wildman–Crippen LogP) is 2.04. The maximum atomic E-state index is 12.0. The van der Waals surface area contributed by atoms with Crippen LogP contribution in [0.3, 0.4) is 0 Å². The summed E-state index contributed by atoms with van der Waals surface area (Å²) >= 11 is 0. The van der Waals surface area contributed by atoms with Crippen LogP contribution in [0.4, 0.5) is 0 Å². The maximum Gasteiger partial charge on any atom is 0.326 e. The molecule has 0 aliphatic heterocycles. The molecule has 6 nitrogen and oxygen atoms in total. The molecule has 1 aromatic carbocycles. The molecule has 0 fully saturated rings. The van der Waals surface area contributed by atoms with Crippen molar-refractivity contribution in [2.75, 3.05) is 0 Å². The zero-order valence-corrected chi connectivity index (χ0v) is 12.8. The molecule has 0 aliphatic carbocycles. The van der Waals surface area contributed by atoms with Crippen LogP contribution in [0.1, 0.15) is 26.7 Å². The molecule has 1 aromatic heterocycles. The molecular formula is C16H21N3O3. The summed E-state index contributed by atoms with van der Waals surface area (Å²) in [6.45, 7) is 4.33. The van der Waals surface area contributed by atoms with Crippen molar-refractivity contribution in [3.05, 3.63) is 30.6 Å². The summed E-state index contributed by atoms with van der Waals surface area (Å²) < 4.78 is 1.90. The minimum atomic E-state index is -0.991.